The number of carbonyl (C=O) groups excluding carboxylic acids is 3. The van der Waals surface area contributed by atoms with Gasteiger partial charge in [0.25, 0.3) is 0 Å². The molecular formula is C27H41N5O5. The van der Waals surface area contributed by atoms with Crippen LogP contribution in [0.3, 0.4) is 0 Å². The highest BCUT2D eigenvalue weighted by atomic mass is 16.4. The van der Waals surface area contributed by atoms with Crippen molar-refractivity contribution in [3.05, 3.63) is 36.0 Å². The van der Waals surface area contributed by atoms with Crippen molar-refractivity contribution in [3.63, 3.8) is 0 Å². The first-order valence-electron chi connectivity index (χ1n) is 12.8. The number of carboxylic acid groups (broad SMARTS) is 1. The molecule has 0 radical (unpaired) electrons. The Bertz CT molecular complexity index is 1090. The van der Waals surface area contributed by atoms with Crippen molar-refractivity contribution in [2.75, 3.05) is 0 Å². The number of carboxylic acids is 1. The SMILES string of the molecule is CC(C)CC(NC(=O)C(NC(=O)C(NC(=O)C(N)Cc1c[nH]c2ccccc12)C(C)C)C(C)C)C(=O)O. The molecule has 10 nitrogen and oxygen atoms in total. The maximum Gasteiger partial charge on any atom is 0.326 e. The molecule has 10 heteroatoms. The number of aromatic amines is 1. The van der Waals surface area contributed by atoms with Crippen LogP contribution in [-0.4, -0.2) is 57.9 Å². The minimum absolute atomic E-state index is 0.0579. The van der Waals surface area contributed by atoms with Crippen LogP contribution < -0.4 is 21.7 Å². The van der Waals surface area contributed by atoms with Crippen molar-refractivity contribution in [2.24, 2.45) is 23.5 Å². The van der Waals surface area contributed by atoms with Gasteiger partial charge in [0.05, 0.1) is 6.04 Å². The lowest BCUT2D eigenvalue weighted by atomic mass is 9.98. The van der Waals surface area contributed by atoms with E-state index in [1.165, 1.54) is 0 Å². The quantitative estimate of drug-likeness (QED) is 0.238. The molecule has 204 valence electrons. The van der Waals surface area contributed by atoms with Crippen LogP contribution in [0.2, 0.25) is 0 Å². The van der Waals surface area contributed by atoms with Gasteiger partial charge in [-0.25, -0.2) is 4.79 Å². The van der Waals surface area contributed by atoms with E-state index in [4.69, 9.17) is 5.73 Å². The number of aliphatic carboxylic acids is 1. The van der Waals surface area contributed by atoms with Gasteiger partial charge in [0.2, 0.25) is 17.7 Å². The maximum absolute atomic E-state index is 13.2. The summed E-state index contributed by atoms with van der Waals surface area (Å²) >= 11 is 0. The average molecular weight is 516 g/mol. The van der Waals surface area contributed by atoms with E-state index < -0.39 is 47.9 Å². The molecule has 0 saturated heterocycles. The molecule has 0 fully saturated rings. The zero-order valence-corrected chi connectivity index (χ0v) is 22.5. The highest BCUT2D eigenvalue weighted by molar-refractivity contribution is 5.94. The molecule has 1 heterocycles. The number of H-pyrrole nitrogens is 1. The molecule has 0 saturated carbocycles. The second-order valence-electron chi connectivity index (χ2n) is 10.7. The van der Waals surface area contributed by atoms with Crippen molar-refractivity contribution in [1.82, 2.24) is 20.9 Å². The lowest BCUT2D eigenvalue weighted by Crippen LogP contribution is -2.59. The Morgan fingerprint density at radius 3 is 1.95 bits per heavy atom. The summed E-state index contributed by atoms with van der Waals surface area (Å²) in [6.07, 6.45) is 2.37. The van der Waals surface area contributed by atoms with Crippen LogP contribution in [-0.2, 0) is 25.6 Å². The first kappa shape index (κ1) is 29.8. The van der Waals surface area contributed by atoms with Crippen molar-refractivity contribution in [3.8, 4) is 0 Å². The Balaban J connectivity index is 2.08. The molecule has 0 aliphatic rings. The summed E-state index contributed by atoms with van der Waals surface area (Å²) in [5.74, 6) is -3.27. The lowest BCUT2D eigenvalue weighted by molar-refractivity contribution is -0.143. The fourth-order valence-electron chi connectivity index (χ4n) is 4.16. The van der Waals surface area contributed by atoms with Gasteiger partial charge in [0.15, 0.2) is 0 Å². The second kappa shape index (κ2) is 13.2. The van der Waals surface area contributed by atoms with Gasteiger partial charge in [-0.3, -0.25) is 14.4 Å². The monoisotopic (exact) mass is 515 g/mol. The van der Waals surface area contributed by atoms with Crippen LogP contribution in [0.4, 0.5) is 0 Å². The first-order valence-corrected chi connectivity index (χ1v) is 12.8. The molecular weight excluding hydrogens is 474 g/mol. The largest absolute Gasteiger partial charge is 0.480 e. The van der Waals surface area contributed by atoms with Gasteiger partial charge in [-0.15, -0.1) is 0 Å². The van der Waals surface area contributed by atoms with Gasteiger partial charge in [0, 0.05) is 17.1 Å². The number of carbonyl (C=O) groups is 4. The van der Waals surface area contributed by atoms with Gasteiger partial charge in [0.1, 0.15) is 18.1 Å². The Morgan fingerprint density at radius 2 is 1.41 bits per heavy atom. The molecule has 0 spiro atoms. The number of nitrogens with two attached hydrogens (primary N) is 1. The van der Waals surface area contributed by atoms with Gasteiger partial charge < -0.3 is 31.8 Å². The van der Waals surface area contributed by atoms with Crippen LogP contribution in [0.25, 0.3) is 10.9 Å². The summed E-state index contributed by atoms with van der Waals surface area (Å²) in [4.78, 5) is 53.8. The molecule has 4 unspecified atom stereocenters. The van der Waals surface area contributed by atoms with Crippen molar-refractivity contribution >= 4 is 34.6 Å². The van der Waals surface area contributed by atoms with E-state index in [1.54, 1.807) is 27.7 Å². The predicted octanol–water partition coefficient (Wildman–Crippen LogP) is 1.93. The lowest BCUT2D eigenvalue weighted by Gasteiger charge is -2.28. The molecule has 1 aromatic heterocycles. The number of aromatic nitrogens is 1. The van der Waals surface area contributed by atoms with E-state index in [-0.39, 0.29) is 30.6 Å². The number of benzene rings is 1. The van der Waals surface area contributed by atoms with E-state index in [0.717, 1.165) is 16.5 Å². The molecule has 2 rings (SSSR count). The van der Waals surface area contributed by atoms with Crippen LogP contribution in [0.1, 0.15) is 53.5 Å². The van der Waals surface area contributed by atoms with Crippen LogP contribution in [0.15, 0.2) is 30.5 Å². The molecule has 0 aliphatic carbocycles. The zero-order valence-electron chi connectivity index (χ0n) is 22.5. The van der Waals surface area contributed by atoms with Crippen molar-refractivity contribution in [2.45, 2.75) is 78.6 Å². The molecule has 0 aliphatic heterocycles. The third kappa shape index (κ3) is 8.31. The van der Waals surface area contributed by atoms with Gasteiger partial charge in [-0.05, 0) is 42.2 Å². The number of hydrogen-bond acceptors (Lipinski definition) is 5. The first-order chi connectivity index (χ1) is 17.3. The summed E-state index contributed by atoms with van der Waals surface area (Å²) in [6, 6.07) is 3.86. The molecule has 0 bridgehead atoms. The fourth-order valence-corrected chi connectivity index (χ4v) is 4.16. The molecule has 7 N–H and O–H groups in total. The third-order valence-electron chi connectivity index (χ3n) is 6.27. The van der Waals surface area contributed by atoms with Crippen LogP contribution in [0.5, 0.6) is 0 Å². The van der Waals surface area contributed by atoms with E-state index >= 15 is 0 Å². The maximum atomic E-state index is 13.2. The molecule has 3 amide bonds. The highest BCUT2D eigenvalue weighted by Crippen LogP contribution is 2.19. The fraction of sp³-hybridized carbons (Fsp3) is 0.556. The summed E-state index contributed by atoms with van der Waals surface area (Å²) in [7, 11) is 0. The summed E-state index contributed by atoms with van der Waals surface area (Å²) in [6.45, 7) is 10.8. The Kier molecular flexibility index (Phi) is 10.7. The molecule has 1 aromatic carbocycles. The Hall–Kier alpha value is -3.40. The standard InChI is InChI=1S/C27H41N5O5/c1-14(2)11-21(27(36)37)30-25(34)22(15(3)4)32-26(35)23(16(5)6)31-24(33)19(28)12-17-13-29-20-10-8-7-9-18(17)20/h7-10,13-16,19,21-23,29H,11-12,28H2,1-6H3,(H,30,34)(H,31,33)(H,32,35)(H,36,37). The van der Waals surface area contributed by atoms with Crippen molar-refractivity contribution < 1.29 is 24.3 Å². The number of rotatable bonds is 13. The number of nitrogens with one attached hydrogen (secondary N) is 4. The number of hydrogen-bond donors (Lipinski definition) is 6. The highest BCUT2D eigenvalue weighted by Gasteiger charge is 2.33. The molecule has 4 atom stereocenters. The number of amides is 3. The van der Waals surface area contributed by atoms with E-state index in [0.29, 0.717) is 0 Å². The summed E-state index contributed by atoms with van der Waals surface area (Å²) in [5, 5.41) is 18.4. The van der Waals surface area contributed by atoms with Crippen molar-refractivity contribution in [1.29, 1.82) is 0 Å². The van der Waals surface area contributed by atoms with E-state index in [1.807, 2.05) is 44.3 Å². The minimum Gasteiger partial charge on any atom is -0.480 e. The van der Waals surface area contributed by atoms with Crippen LogP contribution in [0, 0.1) is 17.8 Å². The average Bonchev–Trinajstić information content (AvgIpc) is 3.22. The van der Waals surface area contributed by atoms with E-state index in [2.05, 4.69) is 20.9 Å². The normalized spacial score (nSPS) is 14.9. The Morgan fingerprint density at radius 1 is 0.865 bits per heavy atom. The van der Waals surface area contributed by atoms with Gasteiger partial charge in [-0.1, -0.05) is 59.7 Å². The minimum atomic E-state index is -1.13. The third-order valence-corrected chi connectivity index (χ3v) is 6.27. The smallest absolute Gasteiger partial charge is 0.326 e. The topological polar surface area (TPSA) is 166 Å². The molecule has 2 aromatic rings. The summed E-state index contributed by atoms with van der Waals surface area (Å²) in [5.41, 5.74) is 8.03. The van der Waals surface area contributed by atoms with Crippen LogP contribution >= 0.6 is 0 Å². The zero-order chi connectivity index (χ0) is 27.9. The Labute approximate surface area is 218 Å². The number of para-hydroxylation sites is 1. The second-order valence-corrected chi connectivity index (χ2v) is 10.7. The molecule has 37 heavy (non-hydrogen) atoms. The summed E-state index contributed by atoms with van der Waals surface area (Å²) < 4.78 is 0. The van der Waals surface area contributed by atoms with Gasteiger partial charge >= 0.3 is 5.97 Å². The van der Waals surface area contributed by atoms with Gasteiger partial charge in [-0.2, -0.15) is 0 Å². The number of fused-ring (bicyclic) bond motifs is 1. The predicted molar refractivity (Wildman–Crippen MR) is 143 cm³/mol. The van der Waals surface area contributed by atoms with E-state index in [9.17, 15) is 24.3 Å².